The van der Waals surface area contributed by atoms with Crippen molar-refractivity contribution in [3.05, 3.63) is 52.7 Å². The molecule has 0 aliphatic carbocycles. The monoisotopic (exact) mass is 284 g/mol. The van der Waals surface area contributed by atoms with Crippen LogP contribution < -0.4 is 5.73 Å². The summed E-state index contributed by atoms with van der Waals surface area (Å²) in [5, 5.41) is 0. The van der Waals surface area contributed by atoms with E-state index in [9.17, 15) is 4.79 Å². The summed E-state index contributed by atoms with van der Waals surface area (Å²) in [4.78, 5) is 16.2. The molecule has 0 saturated heterocycles. The second-order valence-electron chi connectivity index (χ2n) is 5.15. The molecule has 0 radical (unpaired) electrons. The van der Waals surface area contributed by atoms with Crippen molar-refractivity contribution in [3.63, 3.8) is 0 Å². The fourth-order valence-corrected chi connectivity index (χ4v) is 2.16. The molecule has 1 aromatic heterocycles. The van der Waals surface area contributed by atoms with Gasteiger partial charge in [0.15, 0.2) is 0 Å². The topological polar surface area (TPSA) is 65.2 Å². The Morgan fingerprint density at radius 3 is 2.38 bits per heavy atom. The average Bonchev–Trinajstić information content (AvgIpc) is 2.48. The van der Waals surface area contributed by atoms with Gasteiger partial charge in [0.25, 0.3) is 5.91 Å². The predicted octanol–water partition coefficient (Wildman–Crippen LogP) is 3.17. The fraction of sp³-hybridized carbons (Fsp3) is 0.294. The molecule has 0 aliphatic heterocycles. The summed E-state index contributed by atoms with van der Waals surface area (Å²) in [5.41, 5.74) is 10.3. The Balaban J connectivity index is 2.51. The summed E-state index contributed by atoms with van der Waals surface area (Å²) < 4.78 is 5.29. The number of hydrogen-bond donors (Lipinski definition) is 1. The number of carbonyl (C=O) groups is 1. The smallest absolute Gasteiger partial charge is 0.250 e. The number of aryl methyl sites for hydroxylation is 2. The standard InChI is InChI=1S/C17H20N2O2/c1-10-9-15(17(18)20)16(19-11(10)2)14-7-5-13(6-8-14)12(3)21-4/h5-9,12H,1-4H3,(H2,18,20)/t12-/m1/s1. The van der Waals surface area contributed by atoms with E-state index in [0.29, 0.717) is 11.3 Å². The number of pyridine rings is 1. The van der Waals surface area contributed by atoms with Crippen molar-refractivity contribution < 1.29 is 9.53 Å². The molecule has 1 aromatic carbocycles. The number of carbonyl (C=O) groups excluding carboxylic acids is 1. The first-order valence-corrected chi connectivity index (χ1v) is 6.85. The van der Waals surface area contributed by atoms with Crippen molar-refractivity contribution in [2.24, 2.45) is 5.73 Å². The van der Waals surface area contributed by atoms with Crippen molar-refractivity contribution in [1.82, 2.24) is 4.98 Å². The minimum absolute atomic E-state index is 0.0300. The van der Waals surface area contributed by atoms with E-state index in [0.717, 1.165) is 22.4 Å². The van der Waals surface area contributed by atoms with E-state index in [4.69, 9.17) is 10.5 Å². The van der Waals surface area contributed by atoms with Crippen LogP contribution in [0.5, 0.6) is 0 Å². The van der Waals surface area contributed by atoms with E-state index >= 15 is 0 Å². The lowest BCUT2D eigenvalue weighted by atomic mass is 10.0. The van der Waals surface area contributed by atoms with E-state index < -0.39 is 5.91 Å². The molecule has 0 spiro atoms. The maximum atomic E-state index is 11.6. The Morgan fingerprint density at radius 1 is 1.24 bits per heavy atom. The molecule has 0 saturated carbocycles. The van der Waals surface area contributed by atoms with Crippen molar-refractivity contribution in [2.75, 3.05) is 7.11 Å². The molecule has 0 bridgehead atoms. The maximum absolute atomic E-state index is 11.6. The van der Waals surface area contributed by atoms with E-state index in [2.05, 4.69) is 4.98 Å². The van der Waals surface area contributed by atoms with Gasteiger partial charge >= 0.3 is 0 Å². The molecule has 1 heterocycles. The lowest BCUT2D eigenvalue weighted by Crippen LogP contribution is -2.14. The second-order valence-corrected chi connectivity index (χ2v) is 5.15. The maximum Gasteiger partial charge on any atom is 0.250 e. The number of methoxy groups -OCH3 is 1. The van der Waals surface area contributed by atoms with Crippen LogP contribution in [-0.4, -0.2) is 18.0 Å². The third kappa shape index (κ3) is 3.11. The third-order valence-corrected chi connectivity index (χ3v) is 3.74. The highest BCUT2D eigenvalue weighted by Gasteiger charge is 2.14. The van der Waals surface area contributed by atoms with Crippen molar-refractivity contribution >= 4 is 5.91 Å². The Morgan fingerprint density at radius 2 is 1.86 bits per heavy atom. The van der Waals surface area contributed by atoms with E-state index in [-0.39, 0.29) is 6.10 Å². The van der Waals surface area contributed by atoms with Gasteiger partial charge in [-0.05, 0) is 38.0 Å². The lowest BCUT2D eigenvalue weighted by Gasteiger charge is -2.12. The SMILES string of the molecule is CO[C@H](C)c1ccc(-c2nc(C)c(C)cc2C(N)=O)cc1. The number of amides is 1. The number of rotatable bonds is 4. The molecule has 0 aliphatic rings. The zero-order valence-electron chi connectivity index (χ0n) is 12.8. The first kappa shape index (κ1) is 15.2. The molecule has 0 unspecified atom stereocenters. The molecule has 110 valence electrons. The third-order valence-electron chi connectivity index (χ3n) is 3.74. The van der Waals surface area contributed by atoms with Gasteiger partial charge in [0.05, 0.1) is 17.4 Å². The minimum atomic E-state index is -0.463. The van der Waals surface area contributed by atoms with E-state index in [1.165, 1.54) is 0 Å². The van der Waals surface area contributed by atoms with Crippen LogP contribution in [0.4, 0.5) is 0 Å². The number of primary amides is 1. The number of benzene rings is 1. The summed E-state index contributed by atoms with van der Waals surface area (Å²) in [6.07, 6.45) is 0.0300. The summed E-state index contributed by atoms with van der Waals surface area (Å²) in [6.45, 7) is 5.82. The summed E-state index contributed by atoms with van der Waals surface area (Å²) in [7, 11) is 1.68. The average molecular weight is 284 g/mol. The van der Waals surface area contributed by atoms with Crippen LogP contribution in [0.1, 0.15) is 40.2 Å². The minimum Gasteiger partial charge on any atom is -0.377 e. The highest BCUT2D eigenvalue weighted by molar-refractivity contribution is 5.99. The molecule has 0 fully saturated rings. The van der Waals surface area contributed by atoms with Crippen LogP contribution in [0.3, 0.4) is 0 Å². The van der Waals surface area contributed by atoms with Crippen molar-refractivity contribution in [3.8, 4) is 11.3 Å². The predicted molar refractivity (Wildman–Crippen MR) is 83.1 cm³/mol. The van der Waals surface area contributed by atoms with Gasteiger partial charge in [-0.1, -0.05) is 24.3 Å². The number of aromatic nitrogens is 1. The highest BCUT2D eigenvalue weighted by atomic mass is 16.5. The molecule has 21 heavy (non-hydrogen) atoms. The number of ether oxygens (including phenoxy) is 1. The number of nitrogens with two attached hydrogens (primary N) is 1. The molecule has 4 nitrogen and oxygen atoms in total. The molecule has 4 heteroatoms. The van der Waals surface area contributed by atoms with Gasteiger partial charge in [-0.15, -0.1) is 0 Å². The summed E-state index contributed by atoms with van der Waals surface area (Å²) in [5.74, 6) is -0.463. The van der Waals surface area contributed by atoms with Crippen LogP contribution in [0.15, 0.2) is 30.3 Å². The summed E-state index contributed by atoms with van der Waals surface area (Å²) >= 11 is 0. The van der Waals surface area contributed by atoms with Gasteiger partial charge in [-0.3, -0.25) is 9.78 Å². The lowest BCUT2D eigenvalue weighted by molar-refractivity contribution is 0.100. The van der Waals surface area contributed by atoms with Crippen molar-refractivity contribution in [1.29, 1.82) is 0 Å². The van der Waals surface area contributed by atoms with Gasteiger partial charge < -0.3 is 10.5 Å². The van der Waals surface area contributed by atoms with Crippen LogP contribution in [0.2, 0.25) is 0 Å². The molecular formula is C17H20N2O2. The van der Waals surface area contributed by atoms with Crippen LogP contribution in [0, 0.1) is 13.8 Å². The van der Waals surface area contributed by atoms with E-state index in [1.807, 2.05) is 45.0 Å². The Bertz CT molecular complexity index is 663. The number of hydrogen-bond acceptors (Lipinski definition) is 3. The first-order chi connectivity index (χ1) is 9.93. The molecular weight excluding hydrogens is 264 g/mol. The van der Waals surface area contributed by atoms with E-state index in [1.54, 1.807) is 13.2 Å². The molecule has 2 aromatic rings. The first-order valence-electron chi connectivity index (χ1n) is 6.85. The molecule has 1 amide bonds. The van der Waals surface area contributed by atoms with Gasteiger partial charge in [0.1, 0.15) is 0 Å². The summed E-state index contributed by atoms with van der Waals surface area (Å²) in [6, 6.07) is 9.63. The van der Waals surface area contributed by atoms with Gasteiger partial charge in [0, 0.05) is 18.4 Å². The normalized spacial score (nSPS) is 12.2. The molecule has 1 atom stereocenters. The Labute approximate surface area is 125 Å². The number of nitrogens with zero attached hydrogens (tertiary/aromatic N) is 1. The van der Waals surface area contributed by atoms with Gasteiger partial charge in [0.2, 0.25) is 0 Å². The Hall–Kier alpha value is -2.20. The second kappa shape index (κ2) is 6.06. The van der Waals surface area contributed by atoms with Gasteiger partial charge in [-0.2, -0.15) is 0 Å². The zero-order valence-corrected chi connectivity index (χ0v) is 12.8. The van der Waals surface area contributed by atoms with Crippen LogP contribution in [-0.2, 0) is 4.74 Å². The molecule has 2 rings (SSSR count). The van der Waals surface area contributed by atoms with Gasteiger partial charge in [-0.25, -0.2) is 0 Å². The van der Waals surface area contributed by atoms with Crippen molar-refractivity contribution in [2.45, 2.75) is 26.9 Å². The van der Waals surface area contributed by atoms with Crippen LogP contribution >= 0.6 is 0 Å². The largest absolute Gasteiger partial charge is 0.377 e. The van der Waals surface area contributed by atoms with Crippen LogP contribution in [0.25, 0.3) is 11.3 Å². The highest BCUT2D eigenvalue weighted by Crippen LogP contribution is 2.26. The fourth-order valence-electron chi connectivity index (χ4n) is 2.16. The zero-order chi connectivity index (χ0) is 15.6. The molecule has 2 N–H and O–H groups in total. The Kier molecular flexibility index (Phi) is 4.38. The quantitative estimate of drug-likeness (QED) is 0.937.